The van der Waals surface area contributed by atoms with Gasteiger partial charge in [0.15, 0.2) is 11.6 Å². The van der Waals surface area contributed by atoms with E-state index in [9.17, 15) is 14.0 Å². The molecular weight excluding hydrogens is 347 g/mol. The summed E-state index contributed by atoms with van der Waals surface area (Å²) in [6.07, 6.45) is 0.760. The number of nitrogens with one attached hydrogen (secondary N) is 1. The van der Waals surface area contributed by atoms with E-state index in [0.717, 1.165) is 22.6 Å². The number of carbonyl (C=O) groups excluding carboxylic acids is 2. The number of primary amides is 1. The molecule has 0 saturated heterocycles. The molecule has 4 aromatic rings. The summed E-state index contributed by atoms with van der Waals surface area (Å²) >= 11 is 0. The van der Waals surface area contributed by atoms with E-state index in [4.69, 9.17) is 10.5 Å². The van der Waals surface area contributed by atoms with Gasteiger partial charge in [0.05, 0.1) is 18.2 Å². The molecule has 6 heteroatoms. The quantitative estimate of drug-likeness (QED) is 0.537. The normalized spacial score (nSPS) is 11.0. The van der Waals surface area contributed by atoms with Crippen LogP contribution in [-0.2, 0) is 0 Å². The predicted molar refractivity (Wildman–Crippen MR) is 102 cm³/mol. The van der Waals surface area contributed by atoms with Gasteiger partial charge in [-0.1, -0.05) is 6.07 Å². The number of amides is 1. The van der Waals surface area contributed by atoms with Gasteiger partial charge in [-0.15, -0.1) is 0 Å². The lowest BCUT2D eigenvalue weighted by atomic mass is 9.98. The van der Waals surface area contributed by atoms with E-state index in [-0.39, 0.29) is 5.75 Å². The Balaban J connectivity index is 2.04. The minimum absolute atomic E-state index is 0.137. The van der Waals surface area contributed by atoms with Crippen LogP contribution in [0.3, 0.4) is 0 Å². The van der Waals surface area contributed by atoms with Crippen molar-refractivity contribution < 1.29 is 18.7 Å². The van der Waals surface area contributed by atoms with Crippen LogP contribution < -0.4 is 10.5 Å². The van der Waals surface area contributed by atoms with Crippen LogP contribution in [0.2, 0.25) is 0 Å². The minimum atomic E-state index is -0.599. The number of halogens is 1. The fourth-order valence-corrected chi connectivity index (χ4v) is 3.30. The Morgan fingerprint density at radius 3 is 2.56 bits per heavy atom. The van der Waals surface area contributed by atoms with E-state index in [2.05, 4.69) is 4.98 Å². The number of methoxy groups -OCH3 is 1. The summed E-state index contributed by atoms with van der Waals surface area (Å²) in [6.45, 7) is 0. The number of aromatic nitrogens is 1. The summed E-state index contributed by atoms with van der Waals surface area (Å²) in [4.78, 5) is 26.3. The third kappa shape index (κ3) is 2.71. The molecule has 5 nitrogen and oxygen atoms in total. The number of hydrogen-bond acceptors (Lipinski definition) is 3. The zero-order chi connectivity index (χ0) is 19.1. The molecule has 3 N–H and O–H groups in total. The molecule has 0 radical (unpaired) electrons. The second-order valence-electron chi connectivity index (χ2n) is 6.21. The van der Waals surface area contributed by atoms with Crippen molar-refractivity contribution in [2.45, 2.75) is 0 Å². The highest BCUT2D eigenvalue weighted by molar-refractivity contribution is 6.16. The van der Waals surface area contributed by atoms with Gasteiger partial charge in [0, 0.05) is 21.9 Å². The average Bonchev–Trinajstić information content (AvgIpc) is 3.04. The zero-order valence-electron chi connectivity index (χ0n) is 14.4. The summed E-state index contributed by atoms with van der Waals surface area (Å²) in [7, 11) is 1.39. The predicted octanol–water partition coefficient (Wildman–Crippen LogP) is 4.05. The summed E-state index contributed by atoms with van der Waals surface area (Å²) in [5.74, 6) is -0.964. The largest absolute Gasteiger partial charge is 0.494 e. The van der Waals surface area contributed by atoms with Crippen LogP contribution in [0.15, 0.2) is 48.5 Å². The highest BCUT2D eigenvalue weighted by Gasteiger charge is 2.16. The minimum Gasteiger partial charge on any atom is -0.494 e. The van der Waals surface area contributed by atoms with Crippen molar-refractivity contribution in [3.05, 3.63) is 65.5 Å². The van der Waals surface area contributed by atoms with Crippen LogP contribution in [0.25, 0.3) is 32.9 Å². The highest BCUT2D eigenvalue weighted by Crippen LogP contribution is 2.34. The van der Waals surface area contributed by atoms with Crippen molar-refractivity contribution in [1.82, 2.24) is 4.98 Å². The summed E-state index contributed by atoms with van der Waals surface area (Å²) < 4.78 is 19.1. The van der Waals surface area contributed by atoms with Crippen molar-refractivity contribution in [2.24, 2.45) is 5.73 Å². The topological polar surface area (TPSA) is 85.2 Å². The lowest BCUT2D eigenvalue weighted by Gasteiger charge is -2.08. The molecule has 1 amide bonds. The molecular formula is C21H15FN2O3. The van der Waals surface area contributed by atoms with Crippen molar-refractivity contribution in [1.29, 1.82) is 0 Å². The molecule has 134 valence electrons. The van der Waals surface area contributed by atoms with Crippen LogP contribution in [-0.4, -0.2) is 24.3 Å². The number of aldehydes is 1. The van der Waals surface area contributed by atoms with Crippen LogP contribution in [0.4, 0.5) is 4.39 Å². The molecule has 1 heterocycles. The number of fused-ring (bicyclic) bond motifs is 3. The third-order valence-electron chi connectivity index (χ3n) is 4.62. The van der Waals surface area contributed by atoms with Crippen LogP contribution in [0.5, 0.6) is 5.75 Å². The van der Waals surface area contributed by atoms with E-state index in [0.29, 0.717) is 27.8 Å². The fourth-order valence-electron chi connectivity index (χ4n) is 3.30. The maximum absolute atomic E-state index is 14.1. The summed E-state index contributed by atoms with van der Waals surface area (Å²) in [5.41, 5.74) is 8.96. The zero-order valence-corrected chi connectivity index (χ0v) is 14.4. The first kappa shape index (κ1) is 16.8. The molecule has 4 rings (SSSR count). The summed E-state index contributed by atoms with van der Waals surface area (Å²) in [5, 5.41) is 1.52. The molecule has 0 aliphatic rings. The van der Waals surface area contributed by atoms with Crippen LogP contribution in [0.1, 0.15) is 20.7 Å². The van der Waals surface area contributed by atoms with Crippen molar-refractivity contribution >= 4 is 34.0 Å². The Kier molecular flexibility index (Phi) is 3.88. The van der Waals surface area contributed by atoms with Gasteiger partial charge in [0.1, 0.15) is 6.29 Å². The number of carbonyl (C=O) groups is 2. The molecule has 0 saturated carbocycles. The van der Waals surface area contributed by atoms with Gasteiger partial charge in [-0.2, -0.15) is 0 Å². The Morgan fingerprint density at radius 2 is 1.89 bits per heavy atom. The van der Waals surface area contributed by atoms with Crippen LogP contribution >= 0.6 is 0 Å². The van der Waals surface area contributed by atoms with Gasteiger partial charge in [-0.05, 0) is 53.6 Å². The number of nitrogens with two attached hydrogens (primary N) is 1. The molecule has 27 heavy (non-hydrogen) atoms. The first-order valence-electron chi connectivity index (χ1n) is 8.20. The van der Waals surface area contributed by atoms with Gasteiger partial charge >= 0.3 is 0 Å². The molecule has 0 bridgehead atoms. The first-order chi connectivity index (χ1) is 13.0. The Labute approximate surface area is 153 Å². The van der Waals surface area contributed by atoms with E-state index < -0.39 is 11.7 Å². The molecule has 0 spiro atoms. The molecule has 0 aliphatic carbocycles. The van der Waals surface area contributed by atoms with Crippen molar-refractivity contribution in [3.8, 4) is 16.9 Å². The SMILES string of the molecule is COc1ccc(-c2cc(C(N)=O)c3[nH]c4ccc(C=O)cc4c3c2)cc1F. The molecule has 0 atom stereocenters. The lowest BCUT2D eigenvalue weighted by molar-refractivity contribution is 0.100. The number of hydrogen-bond donors (Lipinski definition) is 2. The van der Waals surface area contributed by atoms with Crippen LogP contribution in [0, 0.1) is 5.82 Å². The standard InChI is InChI=1S/C21H15FN2O3/c1-27-19-5-3-12(9-17(19)22)13-7-15-14-6-11(10-25)2-4-18(14)24-20(15)16(8-13)21(23)26/h2-10,24H,1H3,(H2,23,26). The van der Waals surface area contributed by atoms with Gasteiger partial charge in [-0.25, -0.2) is 4.39 Å². The first-order valence-corrected chi connectivity index (χ1v) is 8.20. The average molecular weight is 362 g/mol. The molecule has 3 aromatic carbocycles. The van der Waals surface area contributed by atoms with Gasteiger partial charge < -0.3 is 15.5 Å². The number of ether oxygens (including phenoxy) is 1. The second kappa shape index (κ2) is 6.25. The summed E-state index contributed by atoms with van der Waals surface area (Å²) in [6, 6.07) is 13.3. The molecule has 1 aromatic heterocycles. The molecule has 0 fully saturated rings. The lowest BCUT2D eigenvalue weighted by Crippen LogP contribution is -2.11. The van der Waals surface area contributed by atoms with E-state index in [1.165, 1.54) is 19.2 Å². The van der Waals surface area contributed by atoms with Gasteiger partial charge in [0.25, 0.3) is 5.91 Å². The fraction of sp³-hybridized carbons (Fsp3) is 0.0476. The smallest absolute Gasteiger partial charge is 0.250 e. The Hall–Kier alpha value is -3.67. The highest BCUT2D eigenvalue weighted by atomic mass is 19.1. The number of benzene rings is 3. The van der Waals surface area contributed by atoms with Gasteiger partial charge in [0.2, 0.25) is 0 Å². The number of aromatic amines is 1. The van der Waals surface area contributed by atoms with E-state index in [1.807, 2.05) is 6.07 Å². The number of H-pyrrole nitrogens is 1. The molecule has 0 aliphatic heterocycles. The Bertz CT molecular complexity index is 1230. The number of rotatable bonds is 4. The van der Waals surface area contributed by atoms with Crippen molar-refractivity contribution in [2.75, 3.05) is 7.11 Å². The monoisotopic (exact) mass is 362 g/mol. The third-order valence-corrected chi connectivity index (χ3v) is 4.62. The van der Waals surface area contributed by atoms with E-state index in [1.54, 1.807) is 30.3 Å². The second-order valence-corrected chi connectivity index (χ2v) is 6.21. The molecule has 0 unspecified atom stereocenters. The van der Waals surface area contributed by atoms with Crippen molar-refractivity contribution in [3.63, 3.8) is 0 Å². The van der Waals surface area contributed by atoms with Gasteiger partial charge in [-0.3, -0.25) is 9.59 Å². The maximum Gasteiger partial charge on any atom is 0.250 e. The van der Waals surface area contributed by atoms with E-state index >= 15 is 0 Å². The Morgan fingerprint density at radius 1 is 1.07 bits per heavy atom. The maximum atomic E-state index is 14.1.